The van der Waals surface area contributed by atoms with Crippen LogP contribution < -0.4 is 0 Å². The summed E-state index contributed by atoms with van der Waals surface area (Å²) >= 11 is 0. The summed E-state index contributed by atoms with van der Waals surface area (Å²) in [6.07, 6.45) is 3.12. The van der Waals surface area contributed by atoms with Crippen LogP contribution in [0.4, 0.5) is 0 Å². The highest BCUT2D eigenvalue weighted by molar-refractivity contribution is 7.91. The third-order valence-corrected chi connectivity index (χ3v) is 5.05. The van der Waals surface area contributed by atoms with E-state index in [4.69, 9.17) is 0 Å². The molecule has 0 amide bonds. The Labute approximate surface area is 93.0 Å². The van der Waals surface area contributed by atoms with Gasteiger partial charge in [-0.15, -0.1) is 5.10 Å². The van der Waals surface area contributed by atoms with E-state index in [1.54, 1.807) is 10.7 Å². The number of rotatable bonds is 1. The van der Waals surface area contributed by atoms with Crippen molar-refractivity contribution in [3.63, 3.8) is 0 Å². The summed E-state index contributed by atoms with van der Waals surface area (Å²) in [5, 5.41) is 3.71. The summed E-state index contributed by atoms with van der Waals surface area (Å²) in [4.78, 5) is 4.26. The molecule has 1 aliphatic heterocycles. The Bertz CT molecular complexity index is 599. The van der Waals surface area contributed by atoms with Crippen molar-refractivity contribution in [3.8, 4) is 0 Å². The summed E-state index contributed by atoms with van der Waals surface area (Å²) in [5.41, 5.74) is 0.694. The smallest absolute Gasteiger partial charge is 0.169 e. The van der Waals surface area contributed by atoms with Crippen LogP contribution in [0.1, 0.15) is 23.9 Å². The molecule has 0 aliphatic carbocycles. The number of fused-ring (bicyclic) bond motifs is 1. The highest BCUT2D eigenvalue weighted by atomic mass is 32.2. The molecule has 16 heavy (non-hydrogen) atoms. The quantitative estimate of drug-likeness (QED) is 0.741. The minimum absolute atomic E-state index is 0.257. The van der Waals surface area contributed by atoms with Crippen molar-refractivity contribution in [1.82, 2.24) is 14.6 Å². The highest BCUT2D eigenvalue weighted by Gasteiger charge is 2.35. The zero-order valence-corrected chi connectivity index (χ0v) is 9.39. The average Bonchev–Trinajstić information content (AvgIpc) is 2.79. The maximum Gasteiger partial charge on any atom is 0.169 e. The number of sulfone groups is 1. The molecule has 2 aromatic rings. The zero-order chi connectivity index (χ0) is 11.2. The van der Waals surface area contributed by atoms with Crippen molar-refractivity contribution < 1.29 is 8.42 Å². The number of pyridine rings is 1. The van der Waals surface area contributed by atoms with E-state index in [2.05, 4.69) is 10.1 Å². The van der Waals surface area contributed by atoms with Crippen LogP contribution in [0, 0.1) is 0 Å². The van der Waals surface area contributed by atoms with Crippen molar-refractivity contribution in [2.45, 2.75) is 18.1 Å². The number of hydrogen-bond acceptors (Lipinski definition) is 4. The first kappa shape index (κ1) is 9.77. The Kier molecular flexibility index (Phi) is 2.00. The van der Waals surface area contributed by atoms with Crippen LogP contribution in [0.5, 0.6) is 0 Å². The lowest BCUT2D eigenvalue weighted by Crippen LogP contribution is -2.09. The lowest BCUT2D eigenvalue weighted by Gasteiger charge is -2.02. The summed E-state index contributed by atoms with van der Waals surface area (Å²) in [7, 11) is -3.03. The first-order valence-corrected chi connectivity index (χ1v) is 6.91. The minimum Gasteiger partial charge on any atom is -0.228 e. The lowest BCUT2D eigenvalue weighted by molar-refractivity contribution is 0.588. The van der Waals surface area contributed by atoms with Crippen molar-refractivity contribution in [2.75, 3.05) is 5.75 Å². The molecule has 84 valence electrons. The van der Waals surface area contributed by atoms with Gasteiger partial charge in [-0.05, 0) is 25.0 Å². The first-order valence-electron chi connectivity index (χ1n) is 5.20. The van der Waals surface area contributed by atoms with Crippen LogP contribution in [-0.2, 0) is 9.84 Å². The van der Waals surface area contributed by atoms with Crippen LogP contribution in [0.25, 0.3) is 5.65 Å². The highest BCUT2D eigenvalue weighted by Crippen LogP contribution is 2.32. The third-order valence-electron chi connectivity index (χ3n) is 2.87. The summed E-state index contributed by atoms with van der Waals surface area (Å²) in [6.45, 7) is 0. The first-order chi connectivity index (χ1) is 7.67. The molecule has 0 saturated carbocycles. The summed E-state index contributed by atoms with van der Waals surface area (Å²) in [6, 6.07) is 5.52. The van der Waals surface area contributed by atoms with Crippen LogP contribution in [0.2, 0.25) is 0 Å². The van der Waals surface area contributed by atoms with Gasteiger partial charge in [-0.1, -0.05) is 6.07 Å². The van der Waals surface area contributed by atoms with Gasteiger partial charge in [0.2, 0.25) is 0 Å². The molecule has 1 atom stereocenters. The van der Waals surface area contributed by atoms with Gasteiger partial charge in [0.1, 0.15) is 5.25 Å². The summed E-state index contributed by atoms with van der Waals surface area (Å²) in [5.74, 6) is 0.691. The van der Waals surface area contributed by atoms with Gasteiger partial charge in [0, 0.05) is 6.20 Å². The van der Waals surface area contributed by atoms with E-state index in [1.165, 1.54) is 0 Å². The predicted molar refractivity (Wildman–Crippen MR) is 58.7 cm³/mol. The Morgan fingerprint density at radius 1 is 1.38 bits per heavy atom. The lowest BCUT2D eigenvalue weighted by atomic mass is 10.2. The van der Waals surface area contributed by atoms with Crippen molar-refractivity contribution >= 4 is 15.5 Å². The fraction of sp³-hybridized carbons (Fsp3) is 0.400. The van der Waals surface area contributed by atoms with E-state index in [-0.39, 0.29) is 5.75 Å². The van der Waals surface area contributed by atoms with E-state index in [1.807, 2.05) is 18.2 Å². The second-order valence-corrected chi connectivity index (χ2v) is 6.27. The molecule has 3 heterocycles. The van der Waals surface area contributed by atoms with Gasteiger partial charge in [0.15, 0.2) is 21.3 Å². The monoisotopic (exact) mass is 237 g/mol. The normalized spacial score (nSPS) is 23.9. The van der Waals surface area contributed by atoms with Crippen molar-refractivity contribution in [1.29, 1.82) is 0 Å². The second kappa shape index (κ2) is 3.28. The maximum absolute atomic E-state index is 11.7. The SMILES string of the molecule is O=S1(=O)CCCC1c1nc2ccccn2n1. The summed E-state index contributed by atoms with van der Waals surface area (Å²) < 4.78 is 25.1. The van der Waals surface area contributed by atoms with E-state index < -0.39 is 15.1 Å². The topological polar surface area (TPSA) is 64.3 Å². The fourth-order valence-electron chi connectivity index (χ4n) is 2.07. The second-order valence-electron chi connectivity index (χ2n) is 3.97. The van der Waals surface area contributed by atoms with Gasteiger partial charge in [-0.25, -0.2) is 17.9 Å². The number of nitrogens with zero attached hydrogens (tertiary/aromatic N) is 3. The van der Waals surface area contributed by atoms with Crippen LogP contribution in [-0.4, -0.2) is 28.8 Å². The Morgan fingerprint density at radius 2 is 2.25 bits per heavy atom. The van der Waals surface area contributed by atoms with E-state index >= 15 is 0 Å². The average molecular weight is 237 g/mol. The molecule has 1 fully saturated rings. The molecule has 1 aliphatic rings. The van der Waals surface area contributed by atoms with E-state index in [0.29, 0.717) is 24.3 Å². The minimum atomic E-state index is -3.03. The Hall–Kier alpha value is -1.43. The molecule has 2 aromatic heterocycles. The van der Waals surface area contributed by atoms with Gasteiger partial charge in [-0.2, -0.15) is 0 Å². The van der Waals surface area contributed by atoms with Crippen molar-refractivity contribution in [3.05, 3.63) is 30.2 Å². The molecule has 1 unspecified atom stereocenters. The Balaban J connectivity index is 2.13. The maximum atomic E-state index is 11.7. The molecular weight excluding hydrogens is 226 g/mol. The molecule has 0 aromatic carbocycles. The van der Waals surface area contributed by atoms with E-state index in [0.717, 1.165) is 0 Å². The molecule has 1 saturated heterocycles. The third kappa shape index (κ3) is 1.41. The van der Waals surface area contributed by atoms with Crippen LogP contribution in [0.3, 0.4) is 0 Å². The number of aromatic nitrogens is 3. The van der Waals surface area contributed by atoms with Gasteiger partial charge >= 0.3 is 0 Å². The molecule has 5 nitrogen and oxygen atoms in total. The molecular formula is C10H11N3O2S. The standard InChI is InChI=1S/C10H11N3O2S/c14-16(15)7-3-4-8(16)10-11-9-5-1-2-6-13(9)12-10/h1-2,5-6,8H,3-4,7H2. The van der Waals surface area contributed by atoms with Crippen LogP contribution in [0.15, 0.2) is 24.4 Å². The van der Waals surface area contributed by atoms with Gasteiger partial charge < -0.3 is 0 Å². The molecule has 0 bridgehead atoms. The molecule has 6 heteroatoms. The van der Waals surface area contributed by atoms with Gasteiger partial charge in [0.25, 0.3) is 0 Å². The van der Waals surface area contributed by atoms with Gasteiger partial charge in [0.05, 0.1) is 5.75 Å². The largest absolute Gasteiger partial charge is 0.228 e. The molecule has 3 rings (SSSR count). The van der Waals surface area contributed by atoms with Gasteiger partial charge in [-0.3, -0.25) is 0 Å². The predicted octanol–water partition coefficient (Wildman–Crippen LogP) is 0.979. The van der Waals surface area contributed by atoms with E-state index in [9.17, 15) is 8.42 Å². The molecule has 0 spiro atoms. The van der Waals surface area contributed by atoms with Crippen LogP contribution >= 0.6 is 0 Å². The molecule has 0 N–H and O–H groups in total. The van der Waals surface area contributed by atoms with Crippen molar-refractivity contribution in [2.24, 2.45) is 0 Å². The molecule has 0 radical (unpaired) electrons. The fourth-order valence-corrected chi connectivity index (χ4v) is 3.87. The number of hydrogen-bond donors (Lipinski definition) is 0. The zero-order valence-electron chi connectivity index (χ0n) is 8.57. The Morgan fingerprint density at radius 3 is 2.94 bits per heavy atom.